The van der Waals surface area contributed by atoms with Gasteiger partial charge in [0.05, 0.1) is 0 Å². The third kappa shape index (κ3) is 2.14. The maximum Gasteiger partial charge on any atom is 0.298 e. The molecule has 1 aromatic heterocycles. The average Bonchev–Trinajstić information content (AvgIpc) is 2.70. The van der Waals surface area contributed by atoms with E-state index in [0.29, 0.717) is 10.5 Å². The van der Waals surface area contributed by atoms with E-state index in [-0.39, 0.29) is 0 Å². The molecule has 2 heterocycles. The molecular formula is C13H17N3OS. The quantitative estimate of drug-likeness (QED) is 0.802. The minimum absolute atomic E-state index is 0.605. The minimum Gasteiger partial charge on any atom is -0.423 e. The molecule has 0 saturated carbocycles. The van der Waals surface area contributed by atoms with Gasteiger partial charge < -0.3 is 15.1 Å². The highest BCUT2D eigenvalue weighted by molar-refractivity contribution is 8.00. The predicted octanol–water partition coefficient (Wildman–Crippen LogP) is 2.74. The molecule has 3 rings (SSSR count). The molecule has 2 N–H and O–H groups in total. The van der Waals surface area contributed by atoms with Crippen molar-refractivity contribution in [3.05, 3.63) is 18.2 Å². The summed E-state index contributed by atoms with van der Waals surface area (Å²) in [5.41, 5.74) is 8.12. The Kier molecular flexibility index (Phi) is 2.86. The number of fused-ring (bicyclic) bond motifs is 1. The summed E-state index contributed by atoms with van der Waals surface area (Å²) in [5.74, 6) is 0. The Morgan fingerprint density at radius 3 is 2.78 bits per heavy atom. The lowest BCUT2D eigenvalue weighted by Gasteiger charge is -2.33. The number of nitrogen functional groups attached to an aromatic ring is 1. The lowest BCUT2D eigenvalue weighted by atomic mass is 10.3. The molecule has 1 aliphatic rings. The molecule has 1 fully saturated rings. The molecule has 96 valence electrons. The molecule has 1 saturated heterocycles. The minimum atomic E-state index is 0.605. The summed E-state index contributed by atoms with van der Waals surface area (Å²) >= 11 is 2.02. The van der Waals surface area contributed by atoms with Gasteiger partial charge in [-0.1, -0.05) is 13.8 Å². The van der Waals surface area contributed by atoms with Gasteiger partial charge in [0.2, 0.25) is 0 Å². The summed E-state index contributed by atoms with van der Waals surface area (Å²) in [6.07, 6.45) is 0. The number of thioether (sulfide) groups is 1. The fourth-order valence-electron chi connectivity index (χ4n) is 2.40. The number of hydrogen-bond donors (Lipinski definition) is 1. The standard InChI is InChI=1S/C13H17N3OS/c1-8-6-16(7-9(2)18-8)13-15-11-5-10(14)3-4-12(11)17-13/h3-5,8-9H,6-7,14H2,1-2H3. The van der Waals surface area contributed by atoms with Crippen molar-refractivity contribution in [3.63, 3.8) is 0 Å². The van der Waals surface area contributed by atoms with Crippen LogP contribution in [0.2, 0.25) is 0 Å². The van der Waals surface area contributed by atoms with E-state index in [1.54, 1.807) is 0 Å². The number of rotatable bonds is 1. The number of aromatic nitrogens is 1. The van der Waals surface area contributed by atoms with E-state index in [1.165, 1.54) is 0 Å². The monoisotopic (exact) mass is 263 g/mol. The second-order valence-corrected chi connectivity index (χ2v) is 6.77. The normalized spacial score (nSPS) is 24.7. The van der Waals surface area contributed by atoms with Crippen molar-refractivity contribution in [1.29, 1.82) is 0 Å². The molecule has 1 aliphatic heterocycles. The fraction of sp³-hybridized carbons (Fsp3) is 0.462. The van der Waals surface area contributed by atoms with Crippen LogP contribution >= 0.6 is 11.8 Å². The summed E-state index contributed by atoms with van der Waals surface area (Å²) in [6, 6.07) is 6.30. The van der Waals surface area contributed by atoms with Crippen molar-refractivity contribution in [2.24, 2.45) is 0 Å². The van der Waals surface area contributed by atoms with Crippen molar-refractivity contribution < 1.29 is 4.42 Å². The van der Waals surface area contributed by atoms with Crippen molar-refractivity contribution >= 4 is 34.6 Å². The van der Waals surface area contributed by atoms with Crippen molar-refractivity contribution in [3.8, 4) is 0 Å². The van der Waals surface area contributed by atoms with Crippen molar-refractivity contribution in [2.75, 3.05) is 23.7 Å². The highest BCUT2D eigenvalue weighted by atomic mass is 32.2. The van der Waals surface area contributed by atoms with E-state index in [0.717, 1.165) is 35.9 Å². The van der Waals surface area contributed by atoms with Gasteiger partial charge in [0.15, 0.2) is 5.58 Å². The Morgan fingerprint density at radius 2 is 2.06 bits per heavy atom. The summed E-state index contributed by atoms with van der Waals surface area (Å²) in [5, 5.41) is 1.21. The largest absolute Gasteiger partial charge is 0.423 e. The van der Waals surface area contributed by atoms with E-state index < -0.39 is 0 Å². The van der Waals surface area contributed by atoms with Gasteiger partial charge in [0.1, 0.15) is 5.52 Å². The lowest BCUT2D eigenvalue weighted by molar-refractivity contribution is 0.557. The molecule has 1 aromatic carbocycles. The van der Waals surface area contributed by atoms with Crippen LogP contribution in [0.3, 0.4) is 0 Å². The Labute approximate surface area is 111 Å². The van der Waals surface area contributed by atoms with Crippen LogP contribution in [0, 0.1) is 0 Å². The van der Waals surface area contributed by atoms with E-state index in [1.807, 2.05) is 30.0 Å². The van der Waals surface area contributed by atoms with Gasteiger partial charge in [0, 0.05) is 29.3 Å². The number of benzene rings is 1. The maximum atomic E-state index is 5.81. The first-order valence-electron chi connectivity index (χ1n) is 6.18. The summed E-state index contributed by atoms with van der Waals surface area (Å²) < 4.78 is 5.81. The topological polar surface area (TPSA) is 55.3 Å². The predicted molar refractivity (Wildman–Crippen MR) is 77.1 cm³/mol. The first-order valence-corrected chi connectivity index (χ1v) is 7.12. The van der Waals surface area contributed by atoms with Crippen LogP contribution in [-0.4, -0.2) is 28.6 Å². The number of anilines is 2. The second-order valence-electron chi connectivity index (χ2n) is 4.89. The molecule has 5 heteroatoms. The van der Waals surface area contributed by atoms with E-state index in [4.69, 9.17) is 10.2 Å². The fourth-order valence-corrected chi connectivity index (χ4v) is 3.73. The van der Waals surface area contributed by atoms with E-state index in [9.17, 15) is 0 Å². The Balaban J connectivity index is 1.93. The average molecular weight is 263 g/mol. The van der Waals surface area contributed by atoms with Crippen molar-refractivity contribution in [2.45, 2.75) is 24.3 Å². The first kappa shape index (κ1) is 11.7. The molecule has 2 aromatic rings. The molecule has 0 radical (unpaired) electrons. The van der Waals surface area contributed by atoms with Crippen LogP contribution in [0.25, 0.3) is 11.1 Å². The molecule has 0 amide bonds. The van der Waals surface area contributed by atoms with Gasteiger partial charge in [-0.05, 0) is 18.2 Å². The molecule has 0 bridgehead atoms. The van der Waals surface area contributed by atoms with Gasteiger partial charge >= 0.3 is 0 Å². The third-order valence-electron chi connectivity index (χ3n) is 3.09. The van der Waals surface area contributed by atoms with Gasteiger partial charge in [-0.15, -0.1) is 0 Å². The van der Waals surface area contributed by atoms with Gasteiger partial charge in [-0.25, -0.2) is 0 Å². The van der Waals surface area contributed by atoms with E-state index >= 15 is 0 Å². The zero-order valence-corrected chi connectivity index (χ0v) is 11.4. The van der Waals surface area contributed by atoms with E-state index in [2.05, 4.69) is 23.7 Å². The molecule has 0 spiro atoms. The summed E-state index contributed by atoms with van der Waals surface area (Å²) in [4.78, 5) is 6.76. The van der Waals surface area contributed by atoms with Gasteiger partial charge in [0.25, 0.3) is 6.01 Å². The Morgan fingerprint density at radius 1 is 1.33 bits per heavy atom. The smallest absolute Gasteiger partial charge is 0.298 e. The summed E-state index contributed by atoms with van der Waals surface area (Å²) in [6.45, 7) is 6.45. The van der Waals surface area contributed by atoms with Gasteiger partial charge in [-0.3, -0.25) is 0 Å². The van der Waals surface area contributed by atoms with Crippen LogP contribution < -0.4 is 10.6 Å². The van der Waals surface area contributed by atoms with Crippen LogP contribution in [-0.2, 0) is 0 Å². The molecule has 4 nitrogen and oxygen atoms in total. The van der Waals surface area contributed by atoms with Crippen LogP contribution in [0.15, 0.2) is 22.6 Å². The zero-order chi connectivity index (χ0) is 12.7. The van der Waals surface area contributed by atoms with Crippen LogP contribution in [0.4, 0.5) is 11.7 Å². The lowest BCUT2D eigenvalue weighted by Crippen LogP contribution is -2.40. The van der Waals surface area contributed by atoms with Crippen LogP contribution in [0.1, 0.15) is 13.8 Å². The maximum absolute atomic E-state index is 5.81. The molecule has 2 unspecified atom stereocenters. The number of nitrogens with zero attached hydrogens (tertiary/aromatic N) is 2. The van der Waals surface area contributed by atoms with Crippen molar-refractivity contribution in [1.82, 2.24) is 4.98 Å². The summed E-state index contributed by atoms with van der Waals surface area (Å²) in [7, 11) is 0. The van der Waals surface area contributed by atoms with Gasteiger partial charge in [-0.2, -0.15) is 16.7 Å². The number of nitrogens with two attached hydrogens (primary N) is 1. The second kappa shape index (κ2) is 4.39. The van der Waals surface area contributed by atoms with Crippen LogP contribution in [0.5, 0.6) is 0 Å². The first-order chi connectivity index (χ1) is 8.61. The molecule has 0 aliphatic carbocycles. The molecular weight excluding hydrogens is 246 g/mol. The highest BCUT2D eigenvalue weighted by Gasteiger charge is 2.25. The molecule has 2 atom stereocenters. The number of oxazole rings is 1. The Hall–Kier alpha value is -1.36. The molecule has 18 heavy (non-hydrogen) atoms. The highest BCUT2D eigenvalue weighted by Crippen LogP contribution is 2.30. The third-order valence-corrected chi connectivity index (χ3v) is 4.32. The number of hydrogen-bond acceptors (Lipinski definition) is 5. The Bertz CT molecular complexity index is 558. The zero-order valence-electron chi connectivity index (χ0n) is 10.6. The SMILES string of the molecule is CC1CN(c2nc3cc(N)ccc3o2)CC(C)S1.